The van der Waals surface area contributed by atoms with E-state index in [9.17, 15) is 52.7 Å². The lowest BCUT2D eigenvalue weighted by atomic mass is 9.88. The average Bonchev–Trinajstić information content (AvgIpc) is 1.49. The van der Waals surface area contributed by atoms with Gasteiger partial charge in [-0.2, -0.15) is 0 Å². The van der Waals surface area contributed by atoms with Crippen LogP contribution in [-0.4, -0.2) is 214 Å². The zero-order valence-corrected chi connectivity index (χ0v) is 62.5. The molecule has 1 aliphatic carbocycles. The van der Waals surface area contributed by atoms with Crippen LogP contribution in [-0.2, 0) is 84.6 Å². The zero-order valence-electron chi connectivity index (χ0n) is 61.7. The fourth-order valence-electron chi connectivity index (χ4n) is 13.1. The number of benzene rings is 2. The largest absolute Gasteiger partial charge is 0.445 e. The number of likely N-dealkylation sites (tertiary alicyclic amines) is 1. The highest BCUT2D eigenvalue weighted by atomic mass is 32.1. The van der Waals surface area contributed by atoms with Crippen molar-refractivity contribution in [2.24, 2.45) is 40.3 Å². The number of nitrogens with one attached hydrogen (secondary N) is 6. The topological polar surface area (TPSA) is 376 Å². The first-order valence-electron chi connectivity index (χ1n) is 36.0. The quantitative estimate of drug-likeness (QED) is 0.0195. The lowest BCUT2D eigenvalue weighted by Crippen LogP contribution is -2.54. The molecule has 0 bridgehead atoms. The van der Waals surface area contributed by atoms with Gasteiger partial charge in [-0.25, -0.2) is 19.6 Å². The molecule has 30 heteroatoms. The van der Waals surface area contributed by atoms with Crippen LogP contribution in [0.15, 0.2) is 83.3 Å². The van der Waals surface area contributed by atoms with Crippen molar-refractivity contribution in [1.29, 1.82) is 0 Å². The molecule has 1 saturated carbocycles. The minimum Gasteiger partial charge on any atom is -0.445 e. The molecule has 2 aliphatic heterocycles. The van der Waals surface area contributed by atoms with Crippen molar-refractivity contribution in [3.8, 4) is 0 Å². The van der Waals surface area contributed by atoms with Gasteiger partial charge in [0.25, 0.3) is 17.7 Å². The summed E-state index contributed by atoms with van der Waals surface area (Å²) in [6.07, 6.45) is 7.79. The minimum atomic E-state index is -1.40. The van der Waals surface area contributed by atoms with E-state index in [1.807, 2.05) is 70.3 Å². The van der Waals surface area contributed by atoms with E-state index in [0.717, 1.165) is 15.5 Å². The molecule has 0 radical (unpaired) electrons. The Hall–Kier alpha value is -8.55. The molecule has 8 N–H and O–H groups in total. The fourth-order valence-corrected chi connectivity index (χ4v) is 13.8. The lowest BCUT2D eigenvalue weighted by Gasteiger charge is -2.40. The zero-order chi connectivity index (χ0) is 75.9. The van der Waals surface area contributed by atoms with Gasteiger partial charge in [0.2, 0.25) is 35.4 Å². The second-order valence-corrected chi connectivity index (χ2v) is 28.2. The number of methoxy groups -OCH3 is 2. The molecule has 104 heavy (non-hydrogen) atoms. The first-order chi connectivity index (χ1) is 49.8. The van der Waals surface area contributed by atoms with Gasteiger partial charge in [0.15, 0.2) is 0 Å². The van der Waals surface area contributed by atoms with Crippen molar-refractivity contribution < 1.29 is 81.2 Å². The Balaban J connectivity index is 0.993. The van der Waals surface area contributed by atoms with Gasteiger partial charge >= 0.3 is 12.1 Å². The van der Waals surface area contributed by atoms with E-state index in [4.69, 9.17) is 34.2 Å². The number of imide groups is 1. The number of urea groups is 1. The molecular formula is C74H108N12O17S. The summed E-state index contributed by atoms with van der Waals surface area (Å²) in [7, 11) is 4.77. The van der Waals surface area contributed by atoms with Gasteiger partial charge < -0.3 is 75.9 Å². The Labute approximate surface area is 614 Å². The monoisotopic (exact) mass is 1470 g/mol. The number of nitrogens with zero attached hydrogens (tertiary/aromatic N) is 5. The van der Waals surface area contributed by atoms with E-state index in [-0.39, 0.29) is 145 Å². The Kier molecular flexibility index (Phi) is 34.9. The van der Waals surface area contributed by atoms with Crippen LogP contribution >= 0.6 is 11.3 Å². The third-order valence-corrected chi connectivity index (χ3v) is 20.1. The van der Waals surface area contributed by atoms with Crippen molar-refractivity contribution in [2.75, 3.05) is 85.9 Å². The van der Waals surface area contributed by atoms with Crippen LogP contribution in [0.3, 0.4) is 0 Å². The van der Waals surface area contributed by atoms with Gasteiger partial charge in [-0.1, -0.05) is 110 Å². The molecule has 10 atom stereocenters. The van der Waals surface area contributed by atoms with Gasteiger partial charge in [0.1, 0.15) is 29.2 Å². The minimum absolute atomic E-state index is 0.0333. The third-order valence-electron chi connectivity index (χ3n) is 19.2. The number of nitrogens with two attached hydrogens (primary N) is 1. The van der Waals surface area contributed by atoms with Crippen LogP contribution in [0, 0.1) is 29.6 Å². The van der Waals surface area contributed by atoms with Crippen LogP contribution in [0.1, 0.15) is 141 Å². The molecule has 2 aromatic carbocycles. The van der Waals surface area contributed by atoms with Crippen LogP contribution in [0.25, 0.3) is 0 Å². The fraction of sp³-hybridized carbons (Fsp3) is 0.608. The number of primary amides is 1. The maximum atomic E-state index is 14.8. The van der Waals surface area contributed by atoms with Crippen molar-refractivity contribution >= 4 is 88.5 Å². The number of amides is 12. The Morgan fingerprint density at radius 3 is 2.06 bits per heavy atom. The summed E-state index contributed by atoms with van der Waals surface area (Å²) in [4.78, 5) is 160. The van der Waals surface area contributed by atoms with Crippen molar-refractivity contribution in [2.45, 2.75) is 180 Å². The maximum absolute atomic E-state index is 14.8. The lowest BCUT2D eigenvalue weighted by molar-refractivity contribution is -0.147. The number of hydrogen-bond donors (Lipinski definition) is 7. The van der Waals surface area contributed by atoms with E-state index in [0.29, 0.717) is 56.3 Å². The number of hydrogen-bond acceptors (Lipinski definition) is 19. The summed E-state index contributed by atoms with van der Waals surface area (Å²) < 4.78 is 34.3. The van der Waals surface area contributed by atoms with Gasteiger partial charge in [0.05, 0.1) is 94.8 Å². The van der Waals surface area contributed by atoms with E-state index in [1.165, 1.54) is 36.8 Å². The molecule has 29 nitrogen and oxygen atoms in total. The number of ether oxygens (including phenoxy) is 6. The summed E-state index contributed by atoms with van der Waals surface area (Å²) in [5.41, 5.74) is 5.78. The van der Waals surface area contributed by atoms with E-state index in [1.54, 1.807) is 68.3 Å². The second kappa shape index (κ2) is 43.0. The van der Waals surface area contributed by atoms with Gasteiger partial charge in [-0.05, 0) is 86.0 Å². The van der Waals surface area contributed by atoms with E-state index < -0.39 is 95.4 Å². The number of anilines is 1. The van der Waals surface area contributed by atoms with Crippen molar-refractivity contribution in [3.05, 3.63) is 94.5 Å². The molecule has 3 heterocycles. The smallest absolute Gasteiger partial charge is 0.408 e. The highest BCUT2D eigenvalue weighted by Crippen LogP contribution is 2.34. The van der Waals surface area contributed by atoms with E-state index in [2.05, 4.69) is 41.9 Å². The number of thiazole rings is 1. The number of rotatable bonds is 44. The summed E-state index contributed by atoms with van der Waals surface area (Å²) in [5.74, 6) is -6.19. The Morgan fingerprint density at radius 2 is 1.45 bits per heavy atom. The predicted molar refractivity (Wildman–Crippen MR) is 389 cm³/mol. The normalized spacial score (nSPS) is 17.6. The molecule has 1 saturated heterocycles. The molecule has 1 unspecified atom stereocenters. The number of carbonyl (C=O) groups is 11. The second-order valence-electron chi connectivity index (χ2n) is 27.3. The van der Waals surface area contributed by atoms with Crippen molar-refractivity contribution in [1.82, 2.24) is 46.3 Å². The molecule has 3 aromatic rings. The molecule has 12 amide bonds. The first kappa shape index (κ1) is 84.4. The Bertz CT molecular complexity index is 3340. The summed E-state index contributed by atoms with van der Waals surface area (Å²) in [6.45, 7) is 14.6. The first-order valence-corrected chi connectivity index (χ1v) is 36.9. The van der Waals surface area contributed by atoms with Crippen LogP contribution < -0.4 is 37.6 Å². The molecular weight excluding hydrogens is 1360 g/mol. The summed E-state index contributed by atoms with van der Waals surface area (Å²) >= 11 is 1.47. The number of alkyl carbamates (subject to hydrolysis) is 1. The maximum Gasteiger partial charge on any atom is 0.408 e. The highest BCUT2D eigenvalue weighted by Gasteiger charge is 2.45. The van der Waals surface area contributed by atoms with Gasteiger partial charge in [-0.15, -0.1) is 11.3 Å². The standard InChI is InChI=1S/C74H108N12O17S/c1-11-49(6)64(58(98-9)44-62(90)85-34-18-22-57(85)65(99-10)50(7)66(91)81-56(69-76-33-42-104-69)43-51-19-13-12-14-20-51)84(8)70(94)54(47(2)3)45-78-71(95)74(30-15-16-31-74)83-73(97)103-46-52-23-25-53(26-24-52)79-67(92)55(21-17-32-77-72(75)96)80-68(93)63(48(4)5)82-59(87)29-36-100-38-40-102-41-39-101-37-35-86-60(88)27-28-61(86)89/h12-14,19-20,23-28,33,42,45,47-50,54-58,63-65H,11,15-18,21-22,29-32,34-41,43-44,46H2,1-10H3,(H,79,92)(H,80,93)(H,81,91)(H,82,87)(H,83,97)(H3,75,77,96)/t49-,50+,54?,55-,56-,57-,58+,63-,64-,65+/m0/s1. The third kappa shape index (κ3) is 25.7. The molecule has 572 valence electrons. The van der Waals surface area contributed by atoms with Gasteiger partial charge in [-0.3, -0.25) is 48.1 Å². The summed E-state index contributed by atoms with van der Waals surface area (Å²) in [5, 5.41) is 19.4. The number of likely N-dealkylation sites (N-methyl/N-ethyl adjacent to an activating group) is 1. The van der Waals surface area contributed by atoms with Crippen LogP contribution in [0.5, 0.6) is 0 Å². The average molecular weight is 1470 g/mol. The Morgan fingerprint density at radius 1 is 0.788 bits per heavy atom. The highest BCUT2D eigenvalue weighted by molar-refractivity contribution is 7.09. The SMILES string of the molecule is CC[C@H](C)[C@@H]([C@@H](CC(=O)N1CCC[C@H]1[C@H](OC)[C@@H](C)C(=O)N[C@@H](Cc1ccccc1)c1nccs1)OC)N(C)C(=O)C(C=NC(=O)C1(NC(=O)OCc2ccc(NC(=O)[C@H](CCCNC(N)=O)NC(=O)[C@@H](NC(=O)CCOCCOCCOCCN3C(=O)C=CC3=O)C(C)C)cc2)CCCC1)C(C)C. The number of aliphatic imine (C=N–C) groups is 1. The van der Waals surface area contributed by atoms with Crippen LogP contribution in [0.2, 0.25) is 0 Å². The van der Waals surface area contributed by atoms with Gasteiger partial charge in [0, 0.05) is 76.4 Å². The molecule has 1 aromatic heterocycles. The predicted octanol–water partition coefficient (Wildman–Crippen LogP) is 5.95. The van der Waals surface area contributed by atoms with E-state index >= 15 is 0 Å². The number of aromatic nitrogens is 1. The molecule has 3 aliphatic rings. The molecule has 2 fully saturated rings. The summed E-state index contributed by atoms with van der Waals surface area (Å²) in [6, 6.07) is 12.0. The molecule has 6 rings (SSSR count). The van der Waals surface area contributed by atoms with Crippen LogP contribution in [0.4, 0.5) is 15.3 Å². The van der Waals surface area contributed by atoms with Crippen molar-refractivity contribution in [3.63, 3.8) is 0 Å². The number of carbonyl (C=O) groups excluding carboxylic acids is 11. The molecule has 0 spiro atoms.